The van der Waals surface area contributed by atoms with Crippen LogP contribution in [0.4, 0.5) is 4.39 Å². The highest BCUT2D eigenvalue weighted by Crippen LogP contribution is 2.34. The molecule has 0 aliphatic carbocycles. The molecule has 0 saturated heterocycles. The maximum atomic E-state index is 12.3. The molecule has 100 valence electrons. The van der Waals surface area contributed by atoms with Crippen LogP contribution in [0.1, 0.15) is 0 Å². The van der Waals surface area contributed by atoms with Crippen LogP contribution in [0.3, 0.4) is 0 Å². The van der Waals surface area contributed by atoms with Crippen molar-refractivity contribution < 1.29 is 9.13 Å². The van der Waals surface area contributed by atoms with Crippen molar-refractivity contribution in [3.05, 3.63) is 66.7 Å². The highest BCUT2D eigenvalue weighted by Gasteiger charge is 2.07. The third-order valence-corrected chi connectivity index (χ3v) is 3.30. The molecule has 3 aromatic rings. The summed E-state index contributed by atoms with van der Waals surface area (Å²) in [6.07, 6.45) is 0. The molecular formula is C18H15FO. The summed E-state index contributed by atoms with van der Waals surface area (Å²) in [6.45, 7) is -0.385. The van der Waals surface area contributed by atoms with E-state index in [0.717, 1.165) is 22.1 Å². The minimum absolute atomic E-state index is 0.0919. The Morgan fingerprint density at radius 1 is 0.750 bits per heavy atom. The first-order chi connectivity index (χ1) is 9.90. The Morgan fingerprint density at radius 2 is 1.45 bits per heavy atom. The van der Waals surface area contributed by atoms with Crippen LogP contribution in [0.2, 0.25) is 0 Å². The average Bonchev–Trinajstić information content (AvgIpc) is 2.53. The topological polar surface area (TPSA) is 9.23 Å². The maximum Gasteiger partial charge on any atom is 0.127 e. The van der Waals surface area contributed by atoms with Crippen LogP contribution < -0.4 is 4.74 Å². The highest BCUT2D eigenvalue weighted by molar-refractivity contribution is 6.00. The number of hydrogen-bond acceptors (Lipinski definition) is 1. The molecule has 0 radical (unpaired) electrons. The van der Waals surface area contributed by atoms with E-state index < -0.39 is 6.67 Å². The Bertz CT molecular complexity index is 707. The number of ether oxygens (including phenoxy) is 1. The number of halogens is 1. The van der Waals surface area contributed by atoms with Gasteiger partial charge in [-0.3, -0.25) is 0 Å². The molecule has 1 nitrogen and oxygen atoms in total. The van der Waals surface area contributed by atoms with Crippen molar-refractivity contribution in [2.24, 2.45) is 0 Å². The van der Waals surface area contributed by atoms with Gasteiger partial charge in [0, 0.05) is 5.39 Å². The molecular weight excluding hydrogens is 251 g/mol. The van der Waals surface area contributed by atoms with Crippen molar-refractivity contribution in [1.29, 1.82) is 0 Å². The fourth-order valence-corrected chi connectivity index (χ4v) is 2.42. The lowest BCUT2D eigenvalue weighted by Gasteiger charge is -2.12. The van der Waals surface area contributed by atoms with Crippen molar-refractivity contribution in [1.82, 2.24) is 0 Å². The second-order valence-electron chi connectivity index (χ2n) is 4.56. The van der Waals surface area contributed by atoms with Crippen LogP contribution in [0.5, 0.6) is 5.75 Å². The molecule has 0 saturated carbocycles. The minimum atomic E-state index is -0.477. The molecule has 20 heavy (non-hydrogen) atoms. The second kappa shape index (κ2) is 5.74. The highest BCUT2D eigenvalue weighted by atomic mass is 19.1. The van der Waals surface area contributed by atoms with Gasteiger partial charge in [-0.15, -0.1) is 0 Å². The number of benzene rings is 3. The Kier molecular flexibility index (Phi) is 3.64. The summed E-state index contributed by atoms with van der Waals surface area (Å²) in [5.41, 5.74) is 2.33. The lowest BCUT2D eigenvalue weighted by Crippen LogP contribution is -1.99. The van der Waals surface area contributed by atoms with Crippen LogP contribution in [-0.4, -0.2) is 13.3 Å². The van der Waals surface area contributed by atoms with Gasteiger partial charge in [0.05, 0.1) is 0 Å². The Labute approximate surface area is 117 Å². The van der Waals surface area contributed by atoms with Crippen molar-refractivity contribution in [3.63, 3.8) is 0 Å². The van der Waals surface area contributed by atoms with Gasteiger partial charge >= 0.3 is 0 Å². The largest absolute Gasteiger partial charge is 0.490 e. The third-order valence-electron chi connectivity index (χ3n) is 3.30. The van der Waals surface area contributed by atoms with E-state index in [0.29, 0.717) is 0 Å². The molecule has 0 unspecified atom stereocenters. The lowest BCUT2D eigenvalue weighted by molar-refractivity contribution is 0.276. The number of alkyl halides is 1. The first kappa shape index (κ1) is 12.7. The van der Waals surface area contributed by atoms with Gasteiger partial charge in [0.25, 0.3) is 0 Å². The summed E-state index contributed by atoms with van der Waals surface area (Å²) >= 11 is 0. The van der Waals surface area contributed by atoms with E-state index in [4.69, 9.17) is 4.74 Å². The third kappa shape index (κ3) is 2.37. The minimum Gasteiger partial charge on any atom is -0.490 e. The first-order valence-corrected chi connectivity index (χ1v) is 6.66. The van der Waals surface area contributed by atoms with Crippen molar-refractivity contribution >= 4 is 10.8 Å². The molecule has 3 aromatic carbocycles. The van der Waals surface area contributed by atoms with Gasteiger partial charge in [-0.1, -0.05) is 60.7 Å². The van der Waals surface area contributed by atoms with E-state index >= 15 is 0 Å². The molecule has 0 amide bonds. The van der Waals surface area contributed by atoms with Gasteiger partial charge in [-0.05, 0) is 22.6 Å². The summed E-state index contributed by atoms with van der Waals surface area (Å²) in [6, 6.07) is 22.2. The van der Waals surface area contributed by atoms with Crippen LogP contribution in [0, 0.1) is 0 Å². The maximum absolute atomic E-state index is 12.3. The summed E-state index contributed by atoms with van der Waals surface area (Å²) in [7, 11) is 0. The van der Waals surface area contributed by atoms with Crippen molar-refractivity contribution in [2.75, 3.05) is 13.3 Å². The van der Waals surface area contributed by atoms with E-state index in [9.17, 15) is 4.39 Å². The van der Waals surface area contributed by atoms with Gasteiger partial charge < -0.3 is 4.74 Å². The Morgan fingerprint density at radius 3 is 2.20 bits per heavy atom. The van der Waals surface area contributed by atoms with Crippen LogP contribution in [0.15, 0.2) is 66.7 Å². The monoisotopic (exact) mass is 266 g/mol. The number of fused-ring (bicyclic) bond motifs is 1. The van der Waals surface area contributed by atoms with E-state index in [1.54, 1.807) is 0 Å². The van der Waals surface area contributed by atoms with E-state index in [-0.39, 0.29) is 6.61 Å². The summed E-state index contributed by atoms with van der Waals surface area (Å²) in [5, 5.41) is 2.14. The molecule has 3 rings (SSSR count). The quantitative estimate of drug-likeness (QED) is 0.655. The van der Waals surface area contributed by atoms with Crippen LogP contribution >= 0.6 is 0 Å². The zero-order valence-electron chi connectivity index (χ0n) is 11.1. The Hall–Kier alpha value is -2.35. The zero-order valence-corrected chi connectivity index (χ0v) is 11.1. The Balaban J connectivity index is 2.16. The van der Waals surface area contributed by atoms with Crippen molar-refractivity contribution in [2.45, 2.75) is 0 Å². The van der Waals surface area contributed by atoms with E-state index in [1.807, 2.05) is 48.5 Å². The van der Waals surface area contributed by atoms with Crippen LogP contribution in [-0.2, 0) is 0 Å². The predicted molar refractivity (Wildman–Crippen MR) is 80.9 cm³/mol. The molecule has 0 aliphatic heterocycles. The first-order valence-electron chi connectivity index (χ1n) is 6.66. The molecule has 0 atom stereocenters. The molecule has 2 heteroatoms. The average molecular weight is 266 g/mol. The zero-order chi connectivity index (χ0) is 13.8. The molecule has 0 fully saturated rings. The van der Waals surface area contributed by atoms with Crippen LogP contribution in [0.25, 0.3) is 21.9 Å². The SMILES string of the molecule is FCCOc1ccc(-c2ccccc2)c2ccccc12. The molecule has 0 heterocycles. The summed E-state index contributed by atoms with van der Waals surface area (Å²) in [5.74, 6) is 0.734. The van der Waals surface area contributed by atoms with Gasteiger partial charge in [0.1, 0.15) is 19.0 Å². The molecule has 0 bridgehead atoms. The molecule has 0 spiro atoms. The van der Waals surface area contributed by atoms with E-state index in [1.165, 1.54) is 5.56 Å². The van der Waals surface area contributed by atoms with E-state index in [2.05, 4.69) is 18.2 Å². The number of hydrogen-bond donors (Lipinski definition) is 0. The predicted octanol–water partition coefficient (Wildman–Crippen LogP) is 4.86. The number of rotatable bonds is 4. The molecule has 0 aromatic heterocycles. The smallest absolute Gasteiger partial charge is 0.127 e. The molecule has 0 N–H and O–H groups in total. The van der Waals surface area contributed by atoms with Gasteiger partial charge in [0.15, 0.2) is 0 Å². The normalized spacial score (nSPS) is 10.7. The second-order valence-corrected chi connectivity index (χ2v) is 4.56. The fraction of sp³-hybridized carbons (Fsp3) is 0.111. The van der Waals surface area contributed by atoms with Gasteiger partial charge in [-0.25, -0.2) is 4.39 Å². The lowest BCUT2D eigenvalue weighted by atomic mass is 9.98. The summed E-state index contributed by atoms with van der Waals surface area (Å²) < 4.78 is 17.8. The molecule has 0 aliphatic rings. The fourth-order valence-electron chi connectivity index (χ4n) is 2.42. The standard InChI is InChI=1S/C18H15FO/c19-12-13-20-18-11-10-15(14-6-2-1-3-7-14)16-8-4-5-9-17(16)18/h1-11H,12-13H2. The van der Waals surface area contributed by atoms with Gasteiger partial charge in [-0.2, -0.15) is 0 Å². The summed E-state index contributed by atoms with van der Waals surface area (Å²) in [4.78, 5) is 0. The van der Waals surface area contributed by atoms with Crippen molar-refractivity contribution in [3.8, 4) is 16.9 Å². The van der Waals surface area contributed by atoms with Gasteiger partial charge in [0.2, 0.25) is 0 Å².